The van der Waals surface area contributed by atoms with E-state index in [9.17, 15) is 9.59 Å². The number of fused-ring (bicyclic) bond motifs is 1. The second-order valence-electron chi connectivity index (χ2n) is 5.88. The predicted octanol–water partition coefficient (Wildman–Crippen LogP) is 4.25. The molecule has 1 aromatic heterocycles. The minimum absolute atomic E-state index is 0.0643. The number of nitrogens with one attached hydrogen (secondary N) is 1. The lowest BCUT2D eigenvalue weighted by Gasteiger charge is -2.14. The molecule has 4 nitrogen and oxygen atoms in total. The Kier molecular flexibility index (Phi) is 4.26. The first-order valence-corrected chi connectivity index (χ1v) is 8.07. The molecule has 1 heterocycles. The number of rotatable bonds is 3. The molecular formula is C18H18ClNO3. The van der Waals surface area contributed by atoms with Gasteiger partial charge in [-0.25, -0.2) is 0 Å². The Morgan fingerprint density at radius 2 is 2.13 bits per heavy atom. The standard InChI is InChI=1S/C18H18ClNO3/c1-10-16-14(21)7-4-8-15(16)23-17(10)18(22)20-11(2)12-5-3-6-13(19)9-12/h3,5-6,9,11H,4,7-8H2,1-2H3,(H,20,22). The first-order valence-electron chi connectivity index (χ1n) is 7.69. The highest BCUT2D eigenvalue weighted by atomic mass is 35.5. The van der Waals surface area contributed by atoms with Gasteiger partial charge in [-0.05, 0) is 38.0 Å². The number of carbonyl (C=O) groups excluding carboxylic acids is 2. The molecule has 3 rings (SSSR count). The van der Waals surface area contributed by atoms with E-state index in [2.05, 4.69) is 5.32 Å². The molecular weight excluding hydrogens is 314 g/mol. The summed E-state index contributed by atoms with van der Waals surface area (Å²) in [5, 5.41) is 3.53. The van der Waals surface area contributed by atoms with E-state index in [4.69, 9.17) is 16.0 Å². The summed E-state index contributed by atoms with van der Waals surface area (Å²) in [7, 11) is 0. The number of hydrogen-bond acceptors (Lipinski definition) is 3. The highest BCUT2D eigenvalue weighted by molar-refractivity contribution is 6.30. The maximum absolute atomic E-state index is 12.5. The molecule has 120 valence electrons. The molecule has 1 unspecified atom stereocenters. The van der Waals surface area contributed by atoms with Crippen LogP contribution in [-0.2, 0) is 6.42 Å². The van der Waals surface area contributed by atoms with Gasteiger partial charge in [-0.1, -0.05) is 23.7 Å². The highest BCUT2D eigenvalue weighted by Gasteiger charge is 2.29. The summed E-state index contributed by atoms with van der Waals surface area (Å²) in [5.74, 6) is 0.630. The summed E-state index contributed by atoms with van der Waals surface area (Å²) in [6, 6.07) is 7.14. The molecule has 23 heavy (non-hydrogen) atoms. The van der Waals surface area contributed by atoms with Crippen LogP contribution in [-0.4, -0.2) is 11.7 Å². The van der Waals surface area contributed by atoms with Crippen LogP contribution in [0.2, 0.25) is 5.02 Å². The lowest BCUT2D eigenvalue weighted by atomic mass is 9.94. The van der Waals surface area contributed by atoms with Gasteiger partial charge in [0.1, 0.15) is 5.76 Å². The van der Waals surface area contributed by atoms with Crippen LogP contribution in [0.5, 0.6) is 0 Å². The molecule has 0 bridgehead atoms. The van der Waals surface area contributed by atoms with Crippen LogP contribution in [0.1, 0.15) is 63.6 Å². The average Bonchev–Trinajstić information content (AvgIpc) is 2.85. The molecule has 0 aliphatic heterocycles. The molecule has 0 fully saturated rings. The Balaban J connectivity index is 1.83. The number of benzene rings is 1. The van der Waals surface area contributed by atoms with E-state index < -0.39 is 0 Å². The fourth-order valence-electron chi connectivity index (χ4n) is 2.99. The Labute approximate surface area is 139 Å². The normalized spacial score (nSPS) is 15.2. The fourth-order valence-corrected chi connectivity index (χ4v) is 3.19. The van der Waals surface area contributed by atoms with Gasteiger partial charge in [-0.3, -0.25) is 9.59 Å². The van der Waals surface area contributed by atoms with Crippen molar-refractivity contribution in [2.75, 3.05) is 0 Å². The number of furan rings is 1. The molecule has 5 heteroatoms. The van der Waals surface area contributed by atoms with Crippen molar-refractivity contribution in [1.82, 2.24) is 5.32 Å². The van der Waals surface area contributed by atoms with Crippen molar-refractivity contribution in [3.8, 4) is 0 Å². The number of aryl methyl sites for hydroxylation is 1. The SMILES string of the molecule is Cc1c(C(=O)NC(C)c2cccc(Cl)c2)oc2c1C(=O)CCC2. The van der Waals surface area contributed by atoms with Gasteiger partial charge in [0.25, 0.3) is 5.91 Å². The minimum Gasteiger partial charge on any atom is -0.455 e. The third-order valence-electron chi connectivity index (χ3n) is 4.21. The molecule has 0 radical (unpaired) electrons. The molecule has 1 aliphatic rings. The largest absolute Gasteiger partial charge is 0.455 e. The molecule has 0 spiro atoms. The molecule has 1 aliphatic carbocycles. The summed E-state index contributed by atoms with van der Waals surface area (Å²) in [5.41, 5.74) is 2.15. The fraction of sp³-hybridized carbons (Fsp3) is 0.333. The summed E-state index contributed by atoms with van der Waals surface area (Å²) < 4.78 is 5.67. The van der Waals surface area contributed by atoms with Gasteiger partial charge in [-0.15, -0.1) is 0 Å². The zero-order chi connectivity index (χ0) is 16.6. The third kappa shape index (κ3) is 3.04. The van der Waals surface area contributed by atoms with Crippen molar-refractivity contribution < 1.29 is 14.0 Å². The van der Waals surface area contributed by atoms with Crippen LogP contribution in [0, 0.1) is 6.92 Å². The van der Waals surface area contributed by atoms with Crippen LogP contribution < -0.4 is 5.32 Å². The van der Waals surface area contributed by atoms with Gasteiger partial charge in [0.2, 0.25) is 0 Å². The maximum atomic E-state index is 12.5. The van der Waals surface area contributed by atoms with Crippen molar-refractivity contribution in [3.05, 3.63) is 57.5 Å². The first kappa shape index (κ1) is 15.8. The van der Waals surface area contributed by atoms with E-state index in [0.29, 0.717) is 34.8 Å². The summed E-state index contributed by atoms with van der Waals surface area (Å²) in [4.78, 5) is 24.5. The van der Waals surface area contributed by atoms with E-state index in [1.807, 2.05) is 25.1 Å². The molecule has 0 saturated carbocycles. The molecule has 1 aromatic carbocycles. The van der Waals surface area contributed by atoms with Crippen LogP contribution in [0.25, 0.3) is 0 Å². The number of hydrogen-bond donors (Lipinski definition) is 1. The van der Waals surface area contributed by atoms with Gasteiger partial charge >= 0.3 is 0 Å². The molecule has 1 amide bonds. The molecule has 2 aromatic rings. The lowest BCUT2D eigenvalue weighted by molar-refractivity contribution is 0.0906. The number of Topliss-reactive ketones (excluding diaryl/α,β-unsaturated/α-hetero) is 1. The quantitative estimate of drug-likeness (QED) is 0.914. The van der Waals surface area contributed by atoms with Gasteiger partial charge in [0.15, 0.2) is 11.5 Å². The van der Waals surface area contributed by atoms with E-state index in [0.717, 1.165) is 12.0 Å². The average molecular weight is 332 g/mol. The van der Waals surface area contributed by atoms with Gasteiger partial charge in [0.05, 0.1) is 11.6 Å². The van der Waals surface area contributed by atoms with Crippen LogP contribution in [0.4, 0.5) is 0 Å². The van der Waals surface area contributed by atoms with Crippen LogP contribution in [0.3, 0.4) is 0 Å². The van der Waals surface area contributed by atoms with E-state index >= 15 is 0 Å². The predicted molar refractivity (Wildman–Crippen MR) is 88.0 cm³/mol. The van der Waals surface area contributed by atoms with Crippen molar-refractivity contribution in [2.45, 2.75) is 39.2 Å². The highest BCUT2D eigenvalue weighted by Crippen LogP contribution is 2.29. The summed E-state index contributed by atoms with van der Waals surface area (Å²) >= 11 is 5.98. The number of halogens is 1. The van der Waals surface area contributed by atoms with Crippen molar-refractivity contribution in [1.29, 1.82) is 0 Å². The van der Waals surface area contributed by atoms with E-state index in [1.54, 1.807) is 13.0 Å². The number of amides is 1. The second-order valence-corrected chi connectivity index (χ2v) is 6.32. The summed E-state index contributed by atoms with van der Waals surface area (Å²) in [6.45, 7) is 3.65. The monoisotopic (exact) mass is 331 g/mol. The number of carbonyl (C=O) groups is 2. The maximum Gasteiger partial charge on any atom is 0.287 e. The second kappa shape index (κ2) is 6.20. The topological polar surface area (TPSA) is 59.3 Å². The van der Waals surface area contributed by atoms with Crippen molar-refractivity contribution >= 4 is 23.3 Å². The Hall–Kier alpha value is -2.07. The smallest absolute Gasteiger partial charge is 0.287 e. The van der Waals surface area contributed by atoms with Crippen molar-refractivity contribution in [2.24, 2.45) is 0 Å². The van der Waals surface area contributed by atoms with E-state index in [1.165, 1.54) is 0 Å². The zero-order valence-corrected chi connectivity index (χ0v) is 13.9. The van der Waals surface area contributed by atoms with Crippen LogP contribution in [0.15, 0.2) is 28.7 Å². The Bertz CT molecular complexity index is 779. The first-order chi connectivity index (χ1) is 11.0. The molecule has 0 saturated heterocycles. The van der Waals surface area contributed by atoms with E-state index in [-0.39, 0.29) is 23.5 Å². The summed E-state index contributed by atoms with van der Waals surface area (Å²) in [6.07, 6.45) is 2.01. The van der Waals surface area contributed by atoms with Gasteiger partial charge in [-0.2, -0.15) is 0 Å². The lowest BCUT2D eigenvalue weighted by Crippen LogP contribution is -2.26. The molecule has 1 N–H and O–H groups in total. The van der Waals surface area contributed by atoms with Crippen molar-refractivity contribution in [3.63, 3.8) is 0 Å². The zero-order valence-electron chi connectivity index (χ0n) is 13.1. The van der Waals surface area contributed by atoms with Gasteiger partial charge < -0.3 is 9.73 Å². The molecule has 1 atom stereocenters. The minimum atomic E-state index is -0.308. The van der Waals surface area contributed by atoms with Crippen LogP contribution >= 0.6 is 11.6 Å². The third-order valence-corrected chi connectivity index (χ3v) is 4.44. The Morgan fingerprint density at radius 1 is 1.35 bits per heavy atom. The van der Waals surface area contributed by atoms with Gasteiger partial charge in [0, 0.05) is 23.4 Å². The Morgan fingerprint density at radius 3 is 2.83 bits per heavy atom. The number of ketones is 1.